The molecule has 6 nitrogen and oxygen atoms in total. The molecule has 3 N–H and O–H groups in total. The molecular weight excluding hydrogens is 308 g/mol. The highest BCUT2D eigenvalue weighted by Crippen LogP contribution is 2.12. The van der Waals surface area contributed by atoms with Crippen LogP contribution < -0.4 is 10.5 Å². The van der Waals surface area contributed by atoms with E-state index in [4.69, 9.17) is 18.0 Å². The number of benzene rings is 1. The summed E-state index contributed by atoms with van der Waals surface area (Å²) in [6, 6.07) is 5.99. The Morgan fingerprint density at radius 2 is 2.29 bits per heavy atom. The van der Waals surface area contributed by atoms with Crippen LogP contribution in [0.25, 0.3) is 0 Å². The van der Waals surface area contributed by atoms with Crippen molar-refractivity contribution in [3.63, 3.8) is 0 Å². The van der Waals surface area contributed by atoms with E-state index in [9.17, 15) is 8.42 Å². The Kier molecular flexibility index (Phi) is 4.71. The van der Waals surface area contributed by atoms with Crippen LogP contribution in [0.1, 0.15) is 12.5 Å². The molecule has 0 aliphatic heterocycles. The lowest BCUT2D eigenvalue weighted by molar-refractivity contribution is 0.520. The summed E-state index contributed by atoms with van der Waals surface area (Å²) in [5.41, 5.74) is 6.05. The molecule has 0 aliphatic rings. The fourth-order valence-corrected chi connectivity index (χ4v) is 3.30. The number of hydrogen-bond acceptors (Lipinski definition) is 4. The zero-order chi connectivity index (χ0) is 15.5. The van der Waals surface area contributed by atoms with Gasteiger partial charge in [-0.2, -0.15) is 0 Å². The second kappa shape index (κ2) is 6.33. The lowest BCUT2D eigenvalue weighted by atomic mass is 10.2. The third-order valence-corrected chi connectivity index (χ3v) is 4.65. The molecule has 2 aromatic rings. The van der Waals surface area contributed by atoms with E-state index in [1.54, 1.807) is 42.3 Å². The van der Waals surface area contributed by atoms with Gasteiger partial charge in [0.05, 0.1) is 11.2 Å². The first-order chi connectivity index (χ1) is 9.88. The van der Waals surface area contributed by atoms with Crippen LogP contribution in [0.3, 0.4) is 0 Å². The van der Waals surface area contributed by atoms with Crippen molar-refractivity contribution in [1.29, 1.82) is 0 Å². The van der Waals surface area contributed by atoms with Crippen LogP contribution >= 0.6 is 12.2 Å². The number of aromatic nitrogens is 2. The molecule has 0 amide bonds. The molecule has 21 heavy (non-hydrogen) atoms. The largest absolute Gasteiger partial charge is 0.389 e. The zero-order valence-electron chi connectivity index (χ0n) is 11.4. The molecule has 112 valence electrons. The molecule has 1 aromatic carbocycles. The number of hydrogen-bond donors (Lipinski definition) is 2. The summed E-state index contributed by atoms with van der Waals surface area (Å²) in [6.07, 6.45) is 5.06. The Morgan fingerprint density at radius 3 is 2.90 bits per heavy atom. The van der Waals surface area contributed by atoms with Gasteiger partial charge in [0.1, 0.15) is 4.99 Å². The van der Waals surface area contributed by atoms with Gasteiger partial charge in [-0.15, -0.1) is 0 Å². The Morgan fingerprint density at radius 1 is 1.52 bits per heavy atom. The number of sulfonamides is 1. The Labute approximate surface area is 129 Å². The molecule has 0 spiro atoms. The quantitative estimate of drug-likeness (QED) is 0.770. The fourth-order valence-electron chi connectivity index (χ4n) is 1.90. The summed E-state index contributed by atoms with van der Waals surface area (Å²) in [5, 5.41) is 0. The molecule has 0 fully saturated rings. The maximum Gasteiger partial charge on any atom is 0.240 e. The van der Waals surface area contributed by atoms with E-state index in [1.165, 1.54) is 12.1 Å². The number of rotatable bonds is 6. The number of thiocarbonyl (C=S) groups is 1. The number of nitrogens with zero attached hydrogens (tertiary/aromatic N) is 2. The van der Waals surface area contributed by atoms with Crippen molar-refractivity contribution in [2.75, 3.05) is 0 Å². The highest BCUT2D eigenvalue weighted by Gasteiger charge is 2.18. The molecular formula is C13H16N4O2S2. The van der Waals surface area contributed by atoms with Crippen LogP contribution in [0.15, 0.2) is 47.9 Å². The van der Waals surface area contributed by atoms with Gasteiger partial charge in [0, 0.05) is 30.5 Å². The predicted molar refractivity (Wildman–Crippen MR) is 84.3 cm³/mol. The average molecular weight is 324 g/mol. The van der Waals surface area contributed by atoms with Gasteiger partial charge in [0.25, 0.3) is 0 Å². The zero-order valence-corrected chi connectivity index (χ0v) is 13.1. The van der Waals surface area contributed by atoms with Gasteiger partial charge in [-0.05, 0) is 19.1 Å². The molecule has 1 heterocycles. The molecule has 0 aliphatic carbocycles. The molecule has 0 saturated carbocycles. The van der Waals surface area contributed by atoms with Gasteiger partial charge in [-0.3, -0.25) is 0 Å². The van der Waals surface area contributed by atoms with E-state index >= 15 is 0 Å². The highest BCUT2D eigenvalue weighted by molar-refractivity contribution is 7.89. The number of nitrogens with two attached hydrogens (primary N) is 1. The van der Waals surface area contributed by atoms with Crippen molar-refractivity contribution in [3.05, 3.63) is 48.5 Å². The fraction of sp³-hybridized carbons (Fsp3) is 0.231. The van der Waals surface area contributed by atoms with Crippen molar-refractivity contribution in [2.45, 2.75) is 24.4 Å². The second-order valence-electron chi connectivity index (χ2n) is 4.67. The first kappa shape index (κ1) is 15.6. The van der Waals surface area contributed by atoms with E-state index in [1.807, 2.05) is 0 Å². The topological polar surface area (TPSA) is 90.0 Å². The van der Waals surface area contributed by atoms with Crippen LogP contribution in [0, 0.1) is 0 Å². The van der Waals surface area contributed by atoms with E-state index in [0.29, 0.717) is 12.1 Å². The summed E-state index contributed by atoms with van der Waals surface area (Å²) in [6.45, 7) is 2.28. The van der Waals surface area contributed by atoms with Crippen LogP contribution in [-0.2, 0) is 16.6 Å². The maximum absolute atomic E-state index is 12.3. The Bertz CT molecular complexity index is 726. The van der Waals surface area contributed by atoms with E-state index < -0.39 is 10.0 Å². The van der Waals surface area contributed by atoms with Crippen LogP contribution in [-0.4, -0.2) is 29.0 Å². The van der Waals surface area contributed by atoms with Crippen LogP contribution in [0.4, 0.5) is 0 Å². The lowest BCUT2D eigenvalue weighted by Crippen LogP contribution is -2.35. The Balaban J connectivity index is 2.14. The second-order valence-corrected chi connectivity index (χ2v) is 6.83. The summed E-state index contributed by atoms with van der Waals surface area (Å²) in [5.74, 6) is 0. The first-order valence-electron chi connectivity index (χ1n) is 6.26. The minimum Gasteiger partial charge on any atom is -0.389 e. The summed E-state index contributed by atoms with van der Waals surface area (Å²) in [4.78, 5) is 4.23. The molecule has 1 atom stereocenters. The molecule has 0 radical (unpaired) electrons. The highest BCUT2D eigenvalue weighted by atomic mass is 32.2. The van der Waals surface area contributed by atoms with Gasteiger partial charge in [-0.1, -0.05) is 24.4 Å². The predicted octanol–water partition coefficient (Wildman–Crippen LogP) is 0.884. The number of imidazole rings is 1. The standard InChI is InChI=1S/C13H16N4O2S2/c1-10(8-17-6-5-15-9-17)16-21(18,19)12-4-2-3-11(7-12)13(14)20/h2-7,9-10,16H,8H2,1H3,(H2,14,20). The van der Waals surface area contributed by atoms with Crippen molar-refractivity contribution >= 4 is 27.2 Å². The van der Waals surface area contributed by atoms with E-state index in [0.717, 1.165) is 0 Å². The summed E-state index contributed by atoms with van der Waals surface area (Å²) in [7, 11) is -3.62. The van der Waals surface area contributed by atoms with Crippen molar-refractivity contribution in [1.82, 2.24) is 14.3 Å². The maximum atomic E-state index is 12.3. The van der Waals surface area contributed by atoms with Crippen LogP contribution in [0.2, 0.25) is 0 Å². The van der Waals surface area contributed by atoms with Gasteiger partial charge >= 0.3 is 0 Å². The van der Waals surface area contributed by atoms with Crippen molar-refractivity contribution in [2.24, 2.45) is 5.73 Å². The Hall–Kier alpha value is -1.77. The SMILES string of the molecule is CC(Cn1ccnc1)NS(=O)(=O)c1cccc(C(N)=S)c1. The number of nitrogens with one attached hydrogen (secondary N) is 1. The summed E-state index contributed by atoms with van der Waals surface area (Å²) < 4.78 is 29.1. The van der Waals surface area contributed by atoms with Gasteiger partial charge < -0.3 is 10.3 Å². The molecule has 8 heteroatoms. The summed E-state index contributed by atoms with van der Waals surface area (Å²) >= 11 is 4.86. The van der Waals surface area contributed by atoms with Crippen molar-refractivity contribution in [3.8, 4) is 0 Å². The molecule has 2 rings (SSSR count). The van der Waals surface area contributed by atoms with Gasteiger partial charge in [0.2, 0.25) is 10.0 Å². The average Bonchev–Trinajstić information content (AvgIpc) is 2.91. The van der Waals surface area contributed by atoms with E-state index in [2.05, 4.69) is 9.71 Å². The van der Waals surface area contributed by atoms with E-state index in [-0.39, 0.29) is 15.9 Å². The third kappa shape index (κ3) is 4.10. The molecule has 1 aromatic heterocycles. The van der Waals surface area contributed by atoms with Gasteiger partial charge in [-0.25, -0.2) is 18.1 Å². The van der Waals surface area contributed by atoms with Crippen LogP contribution in [0.5, 0.6) is 0 Å². The van der Waals surface area contributed by atoms with Gasteiger partial charge in [0.15, 0.2) is 0 Å². The molecule has 1 unspecified atom stereocenters. The van der Waals surface area contributed by atoms with Crippen molar-refractivity contribution < 1.29 is 8.42 Å². The molecule has 0 bridgehead atoms. The third-order valence-electron chi connectivity index (χ3n) is 2.83. The minimum atomic E-state index is -3.62. The smallest absolute Gasteiger partial charge is 0.240 e. The first-order valence-corrected chi connectivity index (χ1v) is 8.15. The molecule has 0 saturated heterocycles. The minimum absolute atomic E-state index is 0.144. The lowest BCUT2D eigenvalue weighted by Gasteiger charge is -2.15. The monoisotopic (exact) mass is 324 g/mol. The normalized spacial score (nSPS) is 13.0.